The number of alkyl halides is 6. The Labute approximate surface area is 106 Å². The average Bonchev–Trinajstić information content (AvgIpc) is 2.70. The number of benzene rings is 1. The van der Waals surface area contributed by atoms with Gasteiger partial charge in [0.1, 0.15) is 0 Å². The molecule has 1 heterocycles. The Morgan fingerprint density at radius 2 is 1.80 bits per heavy atom. The van der Waals surface area contributed by atoms with Crippen LogP contribution in [-0.2, 0) is 11.0 Å². The van der Waals surface area contributed by atoms with Crippen molar-refractivity contribution >= 4 is 22.6 Å². The van der Waals surface area contributed by atoms with E-state index in [0.29, 0.717) is 0 Å². The van der Waals surface area contributed by atoms with Gasteiger partial charge in [0.05, 0.1) is 11.0 Å². The van der Waals surface area contributed by atoms with Crippen LogP contribution in [0.25, 0.3) is 11.0 Å². The first-order valence-corrected chi connectivity index (χ1v) is 5.02. The molecule has 20 heavy (non-hydrogen) atoms. The highest BCUT2D eigenvalue weighted by Crippen LogP contribution is 2.29. The molecule has 1 aromatic heterocycles. The van der Waals surface area contributed by atoms with Crippen LogP contribution in [0.4, 0.5) is 32.0 Å². The van der Waals surface area contributed by atoms with Crippen LogP contribution in [0.2, 0.25) is 0 Å². The molecule has 0 saturated carbocycles. The molecule has 4 nitrogen and oxygen atoms in total. The number of hydrogen-bond acceptors (Lipinski definition) is 2. The largest absolute Gasteiger partial charge is 0.471 e. The zero-order valence-corrected chi connectivity index (χ0v) is 9.36. The summed E-state index contributed by atoms with van der Waals surface area (Å²) in [6, 6.07) is 3.02. The Hall–Kier alpha value is -2.26. The van der Waals surface area contributed by atoms with Gasteiger partial charge < -0.3 is 10.3 Å². The summed E-state index contributed by atoms with van der Waals surface area (Å²) < 4.78 is 73.2. The van der Waals surface area contributed by atoms with Gasteiger partial charge in [-0.15, -0.1) is 0 Å². The van der Waals surface area contributed by atoms with Gasteiger partial charge >= 0.3 is 18.3 Å². The second-order valence-electron chi connectivity index (χ2n) is 3.77. The van der Waals surface area contributed by atoms with E-state index < -0.39 is 24.1 Å². The van der Waals surface area contributed by atoms with E-state index in [1.807, 2.05) is 4.98 Å². The van der Waals surface area contributed by atoms with Crippen molar-refractivity contribution in [2.75, 3.05) is 5.32 Å². The molecule has 0 radical (unpaired) electrons. The number of aromatic nitrogens is 2. The molecule has 0 aliphatic rings. The highest BCUT2D eigenvalue weighted by Gasteiger charge is 2.39. The van der Waals surface area contributed by atoms with Crippen LogP contribution in [0.15, 0.2) is 18.2 Å². The van der Waals surface area contributed by atoms with Crippen molar-refractivity contribution in [3.8, 4) is 0 Å². The minimum absolute atomic E-state index is 0.0812. The van der Waals surface area contributed by atoms with Gasteiger partial charge in [-0.05, 0) is 18.2 Å². The second kappa shape index (κ2) is 4.39. The second-order valence-corrected chi connectivity index (χ2v) is 3.77. The van der Waals surface area contributed by atoms with Gasteiger partial charge in [-0.25, -0.2) is 4.98 Å². The fourth-order valence-corrected chi connectivity index (χ4v) is 1.42. The number of rotatable bonds is 1. The normalized spacial score (nSPS) is 12.7. The Kier molecular flexibility index (Phi) is 3.11. The molecule has 0 unspecified atom stereocenters. The lowest BCUT2D eigenvalue weighted by molar-refractivity contribution is -0.167. The van der Waals surface area contributed by atoms with Crippen LogP contribution in [0, 0.1) is 0 Å². The minimum atomic E-state index is -5.08. The Balaban J connectivity index is 2.32. The average molecular weight is 297 g/mol. The molecule has 2 aromatic rings. The van der Waals surface area contributed by atoms with E-state index in [2.05, 4.69) is 4.98 Å². The zero-order valence-electron chi connectivity index (χ0n) is 9.36. The molecule has 0 saturated heterocycles. The number of anilines is 1. The smallest absolute Gasteiger partial charge is 0.334 e. The number of amides is 1. The molecule has 108 valence electrons. The summed E-state index contributed by atoms with van der Waals surface area (Å²) in [6.07, 6.45) is -9.78. The first-order chi connectivity index (χ1) is 9.07. The van der Waals surface area contributed by atoms with Crippen LogP contribution in [0.5, 0.6) is 0 Å². The van der Waals surface area contributed by atoms with Gasteiger partial charge in [0.25, 0.3) is 0 Å². The zero-order chi connectivity index (χ0) is 15.1. The van der Waals surface area contributed by atoms with E-state index >= 15 is 0 Å². The van der Waals surface area contributed by atoms with Crippen LogP contribution in [0.3, 0.4) is 0 Å². The number of nitrogens with one attached hydrogen (secondary N) is 2. The minimum Gasteiger partial charge on any atom is -0.334 e. The number of carbonyl (C=O) groups excluding carboxylic acids is 1. The Bertz CT molecular complexity index is 657. The van der Waals surface area contributed by atoms with E-state index in [1.54, 1.807) is 0 Å². The van der Waals surface area contributed by atoms with Crippen molar-refractivity contribution in [2.45, 2.75) is 12.4 Å². The quantitative estimate of drug-likeness (QED) is 0.795. The number of nitrogens with zero attached hydrogens (tertiary/aromatic N) is 1. The van der Waals surface area contributed by atoms with Gasteiger partial charge in [0, 0.05) is 5.69 Å². The van der Waals surface area contributed by atoms with E-state index in [1.165, 1.54) is 5.32 Å². The molecule has 0 aliphatic carbocycles. The molecule has 0 spiro atoms. The molecule has 2 rings (SSSR count). The first-order valence-electron chi connectivity index (χ1n) is 5.02. The maximum atomic E-state index is 12.4. The third-order valence-electron chi connectivity index (χ3n) is 2.27. The molecule has 1 aromatic carbocycles. The van der Waals surface area contributed by atoms with Crippen LogP contribution in [-0.4, -0.2) is 22.1 Å². The third-order valence-corrected chi connectivity index (χ3v) is 2.27. The van der Waals surface area contributed by atoms with E-state index in [9.17, 15) is 31.1 Å². The third kappa shape index (κ3) is 2.83. The highest BCUT2D eigenvalue weighted by molar-refractivity contribution is 5.96. The SMILES string of the molecule is O=C(Nc1ccc2nc(C(F)(F)F)[nH]c2c1)C(F)(F)F. The lowest BCUT2D eigenvalue weighted by Gasteiger charge is -2.07. The van der Waals surface area contributed by atoms with Crippen molar-refractivity contribution in [1.29, 1.82) is 0 Å². The Morgan fingerprint density at radius 3 is 2.35 bits per heavy atom. The fraction of sp³-hybridized carbons (Fsp3) is 0.200. The number of aromatic amines is 1. The lowest BCUT2D eigenvalue weighted by atomic mass is 10.2. The maximum Gasteiger partial charge on any atom is 0.471 e. The predicted octanol–water partition coefficient (Wildman–Crippen LogP) is 3.08. The molecule has 0 fully saturated rings. The number of fused-ring (bicyclic) bond motifs is 1. The van der Waals surface area contributed by atoms with E-state index in [4.69, 9.17) is 0 Å². The molecule has 0 atom stereocenters. The predicted molar refractivity (Wildman–Crippen MR) is 55.8 cm³/mol. The molecular weight excluding hydrogens is 292 g/mol. The monoisotopic (exact) mass is 297 g/mol. The summed E-state index contributed by atoms with van der Waals surface area (Å²) in [5.74, 6) is -3.49. The fourth-order valence-electron chi connectivity index (χ4n) is 1.42. The van der Waals surface area contributed by atoms with Crippen molar-refractivity contribution in [3.05, 3.63) is 24.0 Å². The number of carbonyl (C=O) groups is 1. The standard InChI is InChI=1S/C10H5F6N3O/c11-9(12,13)7-18-5-2-1-4(3-6(5)19-7)17-8(20)10(14,15)16/h1-3H,(H,17,20)(H,18,19). The Morgan fingerprint density at radius 1 is 1.15 bits per heavy atom. The van der Waals surface area contributed by atoms with Crippen LogP contribution < -0.4 is 5.32 Å². The van der Waals surface area contributed by atoms with E-state index in [0.717, 1.165) is 18.2 Å². The van der Waals surface area contributed by atoms with Crippen LogP contribution >= 0.6 is 0 Å². The molecule has 1 amide bonds. The lowest BCUT2D eigenvalue weighted by Crippen LogP contribution is -2.29. The highest BCUT2D eigenvalue weighted by atomic mass is 19.4. The van der Waals surface area contributed by atoms with Gasteiger partial charge in [0.2, 0.25) is 5.82 Å². The summed E-state index contributed by atoms with van der Waals surface area (Å²) in [5, 5.41) is 1.53. The molecular formula is C10H5F6N3O. The van der Waals surface area contributed by atoms with Crippen LogP contribution in [0.1, 0.15) is 5.82 Å². The van der Waals surface area contributed by atoms with Crippen molar-refractivity contribution in [3.63, 3.8) is 0 Å². The molecule has 0 aliphatic heterocycles. The van der Waals surface area contributed by atoms with Gasteiger partial charge in [-0.1, -0.05) is 0 Å². The number of H-pyrrole nitrogens is 1. The van der Waals surface area contributed by atoms with Crippen molar-refractivity contribution in [2.24, 2.45) is 0 Å². The first kappa shape index (κ1) is 14.2. The number of halogens is 6. The summed E-state index contributed by atoms with van der Waals surface area (Å²) in [6.45, 7) is 0. The van der Waals surface area contributed by atoms with Crippen molar-refractivity contribution < 1.29 is 31.1 Å². The molecule has 0 bridgehead atoms. The number of hydrogen-bond donors (Lipinski definition) is 2. The van der Waals surface area contributed by atoms with E-state index in [-0.39, 0.29) is 16.7 Å². The summed E-state index contributed by atoms with van der Waals surface area (Å²) in [7, 11) is 0. The topological polar surface area (TPSA) is 57.8 Å². The molecule has 10 heteroatoms. The van der Waals surface area contributed by atoms with Gasteiger partial charge in [-0.3, -0.25) is 4.79 Å². The number of imidazole rings is 1. The van der Waals surface area contributed by atoms with Crippen molar-refractivity contribution in [1.82, 2.24) is 9.97 Å². The maximum absolute atomic E-state index is 12.4. The van der Waals surface area contributed by atoms with Gasteiger partial charge in [-0.2, -0.15) is 26.3 Å². The summed E-state index contributed by atoms with van der Waals surface area (Å²) in [4.78, 5) is 15.8. The summed E-state index contributed by atoms with van der Waals surface area (Å²) >= 11 is 0. The molecule has 2 N–H and O–H groups in total. The summed E-state index contributed by atoms with van der Waals surface area (Å²) in [5.41, 5.74) is -0.517. The van der Waals surface area contributed by atoms with Gasteiger partial charge in [0.15, 0.2) is 0 Å².